The van der Waals surface area contributed by atoms with Crippen molar-refractivity contribution in [1.29, 1.82) is 0 Å². The van der Waals surface area contributed by atoms with Gasteiger partial charge in [0, 0.05) is 18.3 Å². The van der Waals surface area contributed by atoms with E-state index in [9.17, 15) is 8.78 Å². The van der Waals surface area contributed by atoms with Crippen molar-refractivity contribution in [3.05, 3.63) is 23.9 Å². The Labute approximate surface area is 102 Å². The van der Waals surface area contributed by atoms with Crippen molar-refractivity contribution in [2.24, 2.45) is 10.9 Å². The molecule has 0 bridgehead atoms. The highest BCUT2D eigenvalue weighted by Crippen LogP contribution is 2.12. The molecule has 0 saturated heterocycles. The molecule has 1 aromatic rings. The molecule has 8 heteroatoms. The van der Waals surface area contributed by atoms with Gasteiger partial charge in [0.2, 0.25) is 0 Å². The molecular weight excluding hydrogens is 246 g/mol. The Morgan fingerprint density at radius 1 is 1.50 bits per heavy atom. The fourth-order valence-electron chi connectivity index (χ4n) is 1.37. The number of rotatable bonds is 6. The Morgan fingerprint density at radius 3 is 2.67 bits per heavy atom. The van der Waals surface area contributed by atoms with Crippen LogP contribution < -0.4 is 10.6 Å². The maximum atomic E-state index is 12.3. The summed E-state index contributed by atoms with van der Waals surface area (Å²) in [5.74, 6) is 0.176. The molecule has 4 N–H and O–H groups in total. The van der Waals surface area contributed by atoms with Crippen molar-refractivity contribution in [1.82, 2.24) is 4.98 Å². The minimum absolute atomic E-state index is 0.0558. The summed E-state index contributed by atoms with van der Waals surface area (Å²) in [7, 11) is 0. The molecule has 18 heavy (non-hydrogen) atoms. The Kier molecular flexibility index (Phi) is 5.25. The number of aromatic nitrogens is 1. The zero-order valence-electron chi connectivity index (χ0n) is 9.50. The van der Waals surface area contributed by atoms with Crippen LogP contribution in [0.3, 0.4) is 0 Å². The van der Waals surface area contributed by atoms with Crippen molar-refractivity contribution in [2.75, 3.05) is 24.6 Å². The van der Waals surface area contributed by atoms with Crippen molar-refractivity contribution in [3.8, 4) is 0 Å². The number of nitrogens with two attached hydrogens (primary N) is 1. The average Bonchev–Trinajstić information content (AvgIpc) is 2.37. The standard InChI is InChI=1S/C10H14F2N4O2/c11-8(12)6-16(3-4-17)9-2-1-7(5-14-9)10(13)15-18/h1-2,5,8,17-18H,3-4,6H2,(H2,13,15). The molecule has 0 fully saturated rings. The Morgan fingerprint density at radius 2 is 2.22 bits per heavy atom. The second-order valence-electron chi connectivity index (χ2n) is 3.45. The van der Waals surface area contributed by atoms with Gasteiger partial charge in [-0.3, -0.25) is 0 Å². The fraction of sp³-hybridized carbons (Fsp3) is 0.400. The van der Waals surface area contributed by atoms with Crippen LogP contribution >= 0.6 is 0 Å². The number of oxime groups is 1. The molecule has 0 radical (unpaired) electrons. The van der Waals surface area contributed by atoms with Gasteiger partial charge in [-0.15, -0.1) is 0 Å². The molecule has 0 amide bonds. The fourth-order valence-corrected chi connectivity index (χ4v) is 1.37. The molecule has 1 heterocycles. The van der Waals surface area contributed by atoms with Crippen molar-refractivity contribution in [3.63, 3.8) is 0 Å². The Bertz CT molecular complexity index is 397. The van der Waals surface area contributed by atoms with Crippen LogP contribution in [0.4, 0.5) is 14.6 Å². The summed E-state index contributed by atoms with van der Waals surface area (Å²) in [6, 6.07) is 2.96. The zero-order chi connectivity index (χ0) is 13.5. The van der Waals surface area contributed by atoms with Crippen molar-refractivity contribution in [2.45, 2.75) is 6.43 Å². The summed E-state index contributed by atoms with van der Waals surface area (Å²) < 4.78 is 24.7. The first-order chi connectivity index (χ1) is 8.58. The van der Waals surface area contributed by atoms with E-state index in [1.54, 1.807) is 0 Å². The van der Waals surface area contributed by atoms with Gasteiger partial charge >= 0.3 is 0 Å². The summed E-state index contributed by atoms with van der Waals surface area (Å²) in [4.78, 5) is 5.18. The lowest BCUT2D eigenvalue weighted by Crippen LogP contribution is -2.32. The van der Waals surface area contributed by atoms with E-state index in [4.69, 9.17) is 16.0 Å². The van der Waals surface area contributed by atoms with Gasteiger partial charge in [0.25, 0.3) is 6.43 Å². The highest BCUT2D eigenvalue weighted by Gasteiger charge is 2.13. The lowest BCUT2D eigenvalue weighted by Gasteiger charge is -2.22. The predicted molar refractivity (Wildman–Crippen MR) is 62.1 cm³/mol. The lowest BCUT2D eigenvalue weighted by atomic mass is 10.2. The molecule has 0 aliphatic carbocycles. The van der Waals surface area contributed by atoms with Gasteiger partial charge in [-0.25, -0.2) is 13.8 Å². The zero-order valence-corrected chi connectivity index (χ0v) is 9.50. The topological polar surface area (TPSA) is 95.0 Å². The number of amidine groups is 1. The van der Waals surface area contributed by atoms with E-state index in [1.807, 2.05) is 0 Å². The summed E-state index contributed by atoms with van der Waals surface area (Å²) in [5, 5.41) is 20.1. The Balaban J connectivity index is 2.86. The first-order valence-corrected chi connectivity index (χ1v) is 5.16. The third kappa shape index (κ3) is 3.81. The van der Waals surface area contributed by atoms with Crippen LogP contribution in [-0.2, 0) is 0 Å². The second kappa shape index (κ2) is 6.70. The quantitative estimate of drug-likeness (QED) is 0.295. The minimum Gasteiger partial charge on any atom is -0.409 e. The van der Waals surface area contributed by atoms with Crippen LogP contribution in [0.2, 0.25) is 0 Å². The second-order valence-corrected chi connectivity index (χ2v) is 3.45. The normalized spacial score (nSPS) is 11.9. The number of anilines is 1. The summed E-state index contributed by atoms with van der Waals surface area (Å²) in [6.07, 6.45) is -1.22. The van der Waals surface area contributed by atoms with Crippen LogP contribution in [0.5, 0.6) is 0 Å². The monoisotopic (exact) mass is 260 g/mol. The van der Waals surface area contributed by atoms with E-state index in [1.165, 1.54) is 23.2 Å². The Hall–Kier alpha value is -1.96. The molecule has 6 nitrogen and oxygen atoms in total. The van der Waals surface area contributed by atoms with E-state index in [-0.39, 0.29) is 19.0 Å². The summed E-state index contributed by atoms with van der Waals surface area (Å²) >= 11 is 0. The van der Waals surface area contributed by atoms with Gasteiger partial charge in [0.1, 0.15) is 5.82 Å². The van der Waals surface area contributed by atoms with E-state index < -0.39 is 13.0 Å². The number of halogens is 2. The number of aliphatic hydroxyl groups excluding tert-OH is 1. The number of hydrogen-bond donors (Lipinski definition) is 3. The van der Waals surface area contributed by atoms with Crippen LogP contribution in [0.25, 0.3) is 0 Å². The van der Waals surface area contributed by atoms with E-state index in [2.05, 4.69) is 10.1 Å². The predicted octanol–water partition coefficient (Wildman–Crippen LogP) is 0.240. The smallest absolute Gasteiger partial charge is 0.255 e. The van der Waals surface area contributed by atoms with Gasteiger partial charge < -0.3 is 20.9 Å². The molecule has 0 aliphatic rings. The molecule has 0 unspecified atom stereocenters. The van der Waals surface area contributed by atoms with Gasteiger partial charge in [-0.1, -0.05) is 5.16 Å². The van der Waals surface area contributed by atoms with Gasteiger partial charge in [0.15, 0.2) is 5.84 Å². The molecule has 0 saturated carbocycles. The molecule has 1 rings (SSSR count). The first-order valence-electron chi connectivity index (χ1n) is 5.16. The van der Waals surface area contributed by atoms with Crippen LogP contribution in [-0.4, -0.2) is 47.3 Å². The number of pyridine rings is 1. The number of aliphatic hydroxyl groups is 1. The highest BCUT2D eigenvalue weighted by molar-refractivity contribution is 5.96. The molecule has 0 aromatic carbocycles. The van der Waals surface area contributed by atoms with Crippen LogP contribution in [0.1, 0.15) is 5.56 Å². The first kappa shape index (κ1) is 14.1. The molecule has 0 spiro atoms. The number of nitrogens with zero attached hydrogens (tertiary/aromatic N) is 3. The summed E-state index contributed by atoms with van der Waals surface area (Å²) in [6.45, 7) is -0.715. The third-order valence-corrected chi connectivity index (χ3v) is 2.20. The summed E-state index contributed by atoms with van der Waals surface area (Å²) in [5.41, 5.74) is 5.72. The lowest BCUT2D eigenvalue weighted by molar-refractivity contribution is 0.152. The van der Waals surface area contributed by atoms with E-state index in [0.29, 0.717) is 11.4 Å². The molecule has 1 aromatic heterocycles. The van der Waals surface area contributed by atoms with Crippen molar-refractivity contribution < 1.29 is 19.1 Å². The van der Waals surface area contributed by atoms with E-state index >= 15 is 0 Å². The molecule has 0 atom stereocenters. The van der Waals surface area contributed by atoms with E-state index in [0.717, 1.165) is 0 Å². The SMILES string of the molecule is N/C(=N/O)c1ccc(N(CCO)CC(F)F)nc1. The number of hydrogen-bond acceptors (Lipinski definition) is 5. The van der Waals surface area contributed by atoms with Gasteiger partial charge in [-0.05, 0) is 12.1 Å². The maximum Gasteiger partial charge on any atom is 0.255 e. The molecule has 100 valence electrons. The van der Waals surface area contributed by atoms with Crippen molar-refractivity contribution >= 4 is 11.7 Å². The molecular formula is C10H14F2N4O2. The van der Waals surface area contributed by atoms with Gasteiger partial charge in [-0.2, -0.15) is 0 Å². The average molecular weight is 260 g/mol. The van der Waals surface area contributed by atoms with Gasteiger partial charge in [0.05, 0.1) is 13.2 Å². The minimum atomic E-state index is -2.53. The molecule has 0 aliphatic heterocycles. The number of alkyl halides is 2. The maximum absolute atomic E-state index is 12.3. The largest absolute Gasteiger partial charge is 0.409 e. The van der Waals surface area contributed by atoms with Crippen LogP contribution in [0.15, 0.2) is 23.5 Å². The third-order valence-electron chi connectivity index (χ3n) is 2.20. The van der Waals surface area contributed by atoms with Crippen LogP contribution in [0, 0.1) is 0 Å². The highest BCUT2D eigenvalue weighted by atomic mass is 19.3.